The lowest BCUT2D eigenvalue weighted by Crippen LogP contribution is -2.41. The van der Waals surface area contributed by atoms with E-state index in [0.29, 0.717) is 16.4 Å². The fourth-order valence-corrected chi connectivity index (χ4v) is 3.48. The van der Waals surface area contributed by atoms with Gasteiger partial charge in [-0.1, -0.05) is 60.1 Å². The predicted molar refractivity (Wildman–Crippen MR) is 104 cm³/mol. The number of benzene rings is 2. The molecule has 0 saturated heterocycles. The minimum atomic E-state index is -1.25. The van der Waals surface area contributed by atoms with Gasteiger partial charge in [-0.25, -0.2) is 9.98 Å². The van der Waals surface area contributed by atoms with E-state index in [1.54, 1.807) is 13.2 Å². The second-order valence-corrected chi connectivity index (χ2v) is 6.55. The summed E-state index contributed by atoms with van der Waals surface area (Å²) in [6.07, 6.45) is 3.10. The summed E-state index contributed by atoms with van der Waals surface area (Å²) in [6, 6.07) is 16.8. The van der Waals surface area contributed by atoms with E-state index in [9.17, 15) is 4.79 Å². The summed E-state index contributed by atoms with van der Waals surface area (Å²) in [4.78, 5) is 27.6. The van der Waals surface area contributed by atoms with Gasteiger partial charge in [-0.15, -0.1) is 0 Å². The van der Waals surface area contributed by atoms with Crippen LogP contribution in [-0.2, 0) is 10.3 Å². The molecule has 3 aromatic rings. The summed E-state index contributed by atoms with van der Waals surface area (Å²) in [5, 5.41) is 0.293. The molecular weight excluding hydrogens is 362 g/mol. The van der Waals surface area contributed by atoms with Crippen LogP contribution in [-0.4, -0.2) is 33.8 Å². The highest BCUT2D eigenvalue weighted by Crippen LogP contribution is 2.40. The van der Waals surface area contributed by atoms with Gasteiger partial charge in [0.05, 0.1) is 0 Å². The number of likely N-dealkylation sites (N-methyl/N-ethyl adjacent to an activating group) is 1. The molecule has 0 radical (unpaired) electrons. The highest BCUT2D eigenvalue weighted by atomic mass is 35.5. The van der Waals surface area contributed by atoms with Crippen molar-refractivity contribution in [3.8, 4) is 11.3 Å². The fourth-order valence-electron chi connectivity index (χ4n) is 3.27. The minimum Gasteiger partial charge on any atom is -0.369 e. The molecular formula is C20H16ClN5O. The van der Waals surface area contributed by atoms with Crippen LogP contribution in [0.3, 0.4) is 0 Å². The molecule has 1 atom stereocenters. The van der Waals surface area contributed by atoms with Gasteiger partial charge < -0.3 is 5.73 Å². The Kier molecular flexibility index (Phi) is 4.12. The van der Waals surface area contributed by atoms with E-state index in [1.165, 1.54) is 11.1 Å². The van der Waals surface area contributed by atoms with Gasteiger partial charge in [-0.2, -0.15) is 0 Å². The number of guanidine groups is 1. The van der Waals surface area contributed by atoms with Gasteiger partial charge in [0.25, 0.3) is 5.91 Å². The molecule has 6 nitrogen and oxygen atoms in total. The van der Waals surface area contributed by atoms with E-state index in [1.807, 2.05) is 54.6 Å². The lowest BCUT2D eigenvalue weighted by atomic mass is 9.82. The maximum absolute atomic E-state index is 13.2. The predicted octanol–water partition coefficient (Wildman–Crippen LogP) is 2.83. The van der Waals surface area contributed by atoms with E-state index >= 15 is 0 Å². The number of carbonyl (C=O) groups is 1. The van der Waals surface area contributed by atoms with Crippen molar-refractivity contribution in [2.45, 2.75) is 5.54 Å². The Morgan fingerprint density at radius 1 is 1.00 bits per heavy atom. The van der Waals surface area contributed by atoms with Crippen molar-refractivity contribution in [3.05, 3.63) is 83.3 Å². The molecule has 7 heteroatoms. The van der Waals surface area contributed by atoms with Gasteiger partial charge in [-0.3, -0.25) is 14.7 Å². The summed E-state index contributed by atoms with van der Waals surface area (Å²) >= 11 is 6.20. The third-order valence-corrected chi connectivity index (χ3v) is 4.92. The van der Waals surface area contributed by atoms with Crippen molar-refractivity contribution in [1.29, 1.82) is 0 Å². The number of aliphatic imine (C=N–C) groups is 1. The maximum Gasteiger partial charge on any atom is 0.266 e. The van der Waals surface area contributed by atoms with Crippen molar-refractivity contribution < 1.29 is 4.79 Å². The Hall–Kier alpha value is -3.25. The van der Waals surface area contributed by atoms with Crippen LogP contribution in [0.25, 0.3) is 11.3 Å². The van der Waals surface area contributed by atoms with Crippen LogP contribution < -0.4 is 5.73 Å². The monoisotopic (exact) mass is 377 g/mol. The lowest BCUT2D eigenvalue weighted by molar-refractivity contribution is -0.129. The molecule has 2 N–H and O–H groups in total. The number of nitrogens with zero attached hydrogens (tertiary/aromatic N) is 4. The maximum atomic E-state index is 13.2. The molecule has 1 unspecified atom stereocenters. The van der Waals surface area contributed by atoms with Crippen molar-refractivity contribution in [3.63, 3.8) is 0 Å². The van der Waals surface area contributed by atoms with Crippen LogP contribution in [0.1, 0.15) is 11.1 Å². The zero-order chi connectivity index (χ0) is 19.0. The zero-order valence-corrected chi connectivity index (χ0v) is 15.3. The van der Waals surface area contributed by atoms with E-state index in [0.717, 1.165) is 11.1 Å². The van der Waals surface area contributed by atoms with E-state index in [-0.39, 0.29) is 11.9 Å². The van der Waals surface area contributed by atoms with Crippen molar-refractivity contribution in [2.75, 3.05) is 7.05 Å². The van der Waals surface area contributed by atoms with Crippen LogP contribution in [0.2, 0.25) is 5.15 Å². The van der Waals surface area contributed by atoms with Crippen molar-refractivity contribution >= 4 is 23.5 Å². The Bertz CT molecular complexity index is 1050. The largest absolute Gasteiger partial charge is 0.369 e. The first kappa shape index (κ1) is 17.2. The summed E-state index contributed by atoms with van der Waals surface area (Å²) in [7, 11) is 1.62. The van der Waals surface area contributed by atoms with Crippen molar-refractivity contribution in [2.24, 2.45) is 10.7 Å². The molecule has 2 heterocycles. The molecule has 1 aliphatic rings. The van der Waals surface area contributed by atoms with E-state index in [4.69, 9.17) is 17.3 Å². The first-order valence-electron chi connectivity index (χ1n) is 8.30. The van der Waals surface area contributed by atoms with Gasteiger partial charge in [0.1, 0.15) is 5.69 Å². The lowest BCUT2D eigenvalue weighted by Gasteiger charge is -2.26. The standard InChI is InChI=1S/C20H16ClN5O/c1-26-18(27)20(25-19(26)22,14-7-3-2-4-8-14)15-9-5-6-13(12-15)16-17(21)24-11-10-23-16/h2-12H,1H3,(H2,22,25). The summed E-state index contributed by atoms with van der Waals surface area (Å²) in [6.45, 7) is 0. The molecule has 27 heavy (non-hydrogen) atoms. The second-order valence-electron chi connectivity index (χ2n) is 6.19. The van der Waals surface area contributed by atoms with Gasteiger partial charge in [-0.05, 0) is 17.2 Å². The first-order chi connectivity index (χ1) is 13.0. The molecule has 0 saturated carbocycles. The number of halogens is 1. The molecule has 2 aromatic carbocycles. The average molecular weight is 378 g/mol. The number of aromatic nitrogens is 2. The summed E-state index contributed by atoms with van der Waals surface area (Å²) in [5.41, 5.74) is 7.47. The third kappa shape index (κ3) is 2.65. The average Bonchev–Trinajstić information content (AvgIpc) is 2.94. The van der Waals surface area contributed by atoms with Crippen LogP contribution in [0.15, 0.2) is 72.0 Å². The zero-order valence-electron chi connectivity index (χ0n) is 14.5. The summed E-state index contributed by atoms with van der Waals surface area (Å²) < 4.78 is 0. The van der Waals surface area contributed by atoms with Gasteiger partial charge in [0, 0.05) is 25.0 Å². The second kappa shape index (κ2) is 6.48. The molecule has 1 amide bonds. The van der Waals surface area contributed by atoms with Crippen LogP contribution in [0.4, 0.5) is 0 Å². The number of hydrogen-bond acceptors (Lipinski definition) is 5. The first-order valence-corrected chi connectivity index (χ1v) is 8.68. The SMILES string of the molecule is CN1C(=O)C(c2ccccc2)(c2cccc(-c3nccnc3Cl)c2)N=C1N. The molecule has 1 aromatic heterocycles. The third-order valence-electron chi connectivity index (χ3n) is 4.64. The number of hydrogen-bond donors (Lipinski definition) is 1. The highest BCUT2D eigenvalue weighted by Gasteiger charge is 2.49. The Morgan fingerprint density at radius 2 is 1.70 bits per heavy atom. The Labute approximate surface area is 161 Å². The fraction of sp³-hybridized carbons (Fsp3) is 0.100. The Balaban J connectivity index is 1.95. The quantitative estimate of drug-likeness (QED) is 0.760. The highest BCUT2D eigenvalue weighted by molar-refractivity contribution is 6.31. The van der Waals surface area contributed by atoms with Gasteiger partial charge in [0.2, 0.25) is 0 Å². The van der Waals surface area contributed by atoms with Crippen LogP contribution >= 0.6 is 11.6 Å². The van der Waals surface area contributed by atoms with Crippen molar-refractivity contribution in [1.82, 2.24) is 14.9 Å². The van der Waals surface area contributed by atoms with E-state index < -0.39 is 5.54 Å². The molecule has 0 fully saturated rings. The van der Waals surface area contributed by atoms with Gasteiger partial charge in [0.15, 0.2) is 16.7 Å². The number of carbonyl (C=O) groups excluding carboxylic acids is 1. The van der Waals surface area contributed by atoms with Crippen LogP contribution in [0, 0.1) is 0 Å². The summed E-state index contributed by atoms with van der Waals surface area (Å²) in [5.74, 6) is -0.0413. The molecule has 134 valence electrons. The van der Waals surface area contributed by atoms with Crippen LogP contribution in [0.5, 0.6) is 0 Å². The normalized spacial score (nSPS) is 19.3. The molecule has 1 aliphatic heterocycles. The van der Waals surface area contributed by atoms with E-state index in [2.05, 4.69) is 15.0 Å². The Morgan fingerprint density at radius 3 is 2.37 bits per heavy atom. The molecule has 0 aliphatic carbocycles. The smallest absolute Gasteiger partial charge is 0.266 e. The van der Waals surface area contributed by atoms with Gasteiger partial charge >= 0.3 is 0 Å². The number of nitrogens with two attached hydrogens (primary N) is 1. The number of amides is 1. The molecule has 0 spiro atoms. The topological polar surface area (TPSA) is 84.5 Å². The number of rotatable bonds is 3. The molecule has 0 bridgehead atoms. The minimum absolute atomic E-state index is 0.173. The molecule has 4 rings (SSSR count).